The fourth-order valence-corrected chi connectivity index (χ4v) is 3.89. The number of nitro groups is 1. The van der Waals surface area contributed by atoms with Gasteiger partial charge in [0.15, 0.2) is 0 Å². The highest BCUT2D eigenvalue weighted by Crippen LogP contribution is 2.46. The number of non-ortho nitro benzene ring substituents is 1. The number of anilines is 1. The van der Waals surface area contributed by atoms with Crippen LogP contribution in [0.1, 0.15) is 47.0 Å². The molecule has 1 fully saturated rings. The molecule has 0 aromatic heterocycles. The Labute approximate surface area is 120 Å². The van der Waals surface area contributed by atoms with E-state index in [2.05, 4.69) is 33.0 Å². The Hall–Kier alpha value is -1.58. The van der Waals surface area contributed by atoms with Crippen molar-refractivity contribution in [3.63, 3.8) is 0 Å². The molecule has 2 rings (SSSR count). The van der Waals surface area contributed by atoms with E-state index in [0.717, 1.165) is 18.5 Å². The number of nitrogens with zero attached hydrogens (tertiary/aromatic N) is 1. The SMILES string of the molecule is CC1(C)CC(Nc2cccc([N+](=O)[O-])c2)CC(C)(C)C1. The Morgan fingerprint density at radius 3 is 2.35 bits per heavy atom. The molecule has 1 aliphatic rings. The predicted molar refractivity (Wildman–Crippen MR) is 81.9 cm³/mol. The number of rotatable bonds is 3. The van der Waals surface area contributed by atoms with Crippen LogP contribution >= 0.6 is 0 Å². The molecule has 0 unspecified atom stereocenters. The topological polar surface area (TPSA) is 55.2 Å². The van der Waals surface area contributed by atoms with Gasteiger partial charge in [-0.2, -0.15) is 0 Å². The summed E-state index contributed by atoms with van der Waals surface area (Å²) in [5, 5.41) is 14.3. The Morgan fingerprint density at radius 1 is 1.20 bits per heavy atom. The van der Waals surface area contributed by atoms with Crippen LogP contribution in [0.4, 0.5) is 11.4 Å². The van der Waals surface area contributed by atoms with Crippen LogP contribution in [-0.4, -0.2) is 11.0 Å². The van der Waals surface area contributed by atoms with E-state index in [4.69, 9.17) is 0 Å². The van der Waals surface area contributed by atoms with Crippen LogP contribution in [0.2, 0.25) is 0 Å². The minimum absolute atomic E-state index is 0.143. The summed E-state index contributed by atoms with van der Waals surface area (Å²) in [7, 11) is 0. The van der Waals surface area contributed by atoms with Gasteiger partial charge >= 0.3 is 0 Å². The average molecular weight is 276 g/mol. The molecular formula is C16H24N2O2. The standard InChI is InChI=1S/C16H24N2O2/c1-15(2)9-13(10-16(3,4)11-15)17-12-6-5-7-14(8-12)18(19)20/h5-8,13,17H,9-11H2,1-4H3. The highest BCUT2D eigenvalue weighted by atomic mass is 16.6. The maximum atomic E-state index is 10.8. The van der Waals surface area contributed by atoms with Crippen molar-refractivity contribution in [1.82, 2.24) is 0 Å². The van der Waals surface area contributed by atoms with Crippen molar-refractivity contribution < 1.29 is 4.92 Å². The Bertz CT molecular complexity index is 493. The van der Waals surface area contributed by atoms with Crippen LogP contribution < -0.4 is 5.32 Å². The monoisotopic (exact) mass is 276 g/mol. The van der Waals surface area contributed by atoms with Crippen LogP contribution in [-0.2, 0) is 0 Å². The van der Waals surface area contributed by atoms with Gasteiger partial charge in [-0.15, -0.1) is 0 Å². The van der Waals surface area contributed by atoms with Gasteiger partial charge in [-0.1, -0.05) is 33.8 Å². The fraction of sp³-hybridized carbons (Fsp3) is 0.625. The maximum Gasteiger partial charge on any atom is 0.271 e. The smallest absolute Gasteiger partial charge is 0.271 e. The average Bonchev–Trinajstić information content (AvgIpc) is 2.24. The van der Waals surface area contributed by atoms with E-state index in [1.54, 1.807) is 12.1 Å². The minimum Gasteiger partial charge on any atom is -0.382 e. The summed E-state index contributed by atoms with van der Waals surface area (Å²) in [6.45, 7) is 9.21. The lowest BCUT2D eigenvalue weighted by atomic mass is 9.63. The first-order chi connectivity index (χ1) is 9.17. The molecule has 0 saturated heterocycles. The molecule has 0 bridgehead atoms. The first-order valence-corrected chi connectivity index (χ1v) is 7.18. The van der Waals surface area contributed by atoms with Gasteiger partial charge < -0.3 is 5.32 Å². The summed E-state index contributed by atoms with van der Waals surface area (Å²) in [5.41, 5.74) is 1.60. The molecule has 0 aliphatic heterocycles. The molecule has 4 nitrogen and oxygen atoms in total. The molecule has 1 saturated carbocycles. The van der Waals surface area contributed by atoms with E-state index in [1.807, 2.05) is 6.07 Å². The van der Waals surface area contributed by atoms with E-state index in [-0.39, 0.29) is 10.6 Å². The van der Waals surface area contributed by atoms with Crippen molar-refractivity contribution in [2.75, 3.05) is 5.32 Å². The summed E-state index contributed by atoms with van der Waals surface area (Å²) in [6.07, 6.45) is 3.41. The molecule has 0 spiro atoms. The van der Waals surface area contributed by atoms with Crippen LogP contribution in [0.5, 0.6) is 0 Å². The van der Waals surface area contributed by atoms with Gasteiger partial charge in [-0.3, -0.25) is 10.1 Å². The third-order valence-electron chi connectivity index (χ3n) is 3.98. The molecule has 0 radical (unpaired) electrons. The third kappa shape index (κ3) is 3.71. The molecule has 20 heavy (non-hydrogen) atoms. The van der Waals surface area contributed by atoms with E-state index >= 15 is 0 Å². The molecule has 4 heteroatoms. The normalized spacial score (nSPS) is 21.4. The van der Waals surface area contributed by atoms with Crippen LogP contribution in [0.15, 0.2) is 24.3 Å². The van der Waals surface area contributed by atoms with E-state index in [9.17, 15) is 10.1 Å². The zero-order valence-corrected chi connectivity index (χ0v) is 12.8. The number of hydrogen-bond acceptors (Lipinski definition) is 3. The molecule has 1 N–H and O–H groups in total. The van der Waals surface area contributed by atoms with Crippen molar-refractivity contribution in [3.8, 4) is 0 Å². The quantitative estimate of drug-likeness (QED) is 0.647. The van der Waals surface area contributed by atoms with Crippen LogP contribution in [0.25, 0.3) is 0 Å². The Balaban J connectivity index is 2.13. The third-order valence-corrected chi connectivity index (χ3v) is 3.98. The lowest BCUT2D eigenvalue weighted by Crippen LogP contribution is -2.40. The molecule has 0 amide bonds. The molecular weight excluding hydrogens is 252 g/mol. The lowest BCUT2D eigenvalue weighted by molar-refractivity contribution is -0.384. The lowest BCUT2D eigenvalue weighted by Gasteiger charge is -2.45. The fourth-order valence-electron chi connectivity index (χ4n) is 3.89. The van der Waals surface area contributed by atoms with E-state index in [1.165, 1.54) is 12.5 Å². The second kappa shape index (κ2) is 5.08. The molecule has 1 aromatic rings. The molecule has 1 aromatic carbocycles. The number of nitro benzene ring substituents is 1. The highest BCUT2D eigenvalue weighted by molar-refractivity contribution is 5.51. The van der Waals surface area contributed by atoms with Gasteiger partial charge in [-0.25, -0.2) is 0 Å². The zero-order valence-electron chi connectivity index (χ0n) is 12.8. The molecule has 0 atom stereocenters. The van der Waals surface area contributed by atoms with Gasteiger partial charge in [0.25, 0.3) is 5.69 Å². The zero-order chi connectivity index (χ0) is 15.0. The Kier molecular flexibility index (Phi) is 3.76. The largest absolute Gasteiger partial charge is 0.382 e. The minimum atomic E-state index is -0.347. The summed E-state index contributed by atoms with van der Waals surface area (Å²) < 4.78 is 0. The van der Waals surface area contributed by atoms with Gasteiger partial charge in [0.1, 0.15) is 0 Å². The number of hydrogen-bond donors (Lipinski definition) is 1. The van der Waals surface area contributed by atoms with Crippen molar-refractivity contribution in [2.24, 2.45) is 10.8 Å². The molecule has 110 valence electrons. The maximum absolute atomic E-state index is 10.8. The summed E-state index contributed by atoms with van der Waals surface area (Å²) in [5.74, 6) is 0. The van der Waals surface area contributed by atoms with Gasteiger partial charge in [-0.05, 0) is 36.2 Å². The van der Waals surface area contributed by atoms with Crippen LogP contribution in [0.3, 0.4) is 0 Å². The van der Waals surface area contributed by atoms with Gasteiger partial charge in [0.2, 0.25) is 0 Å². The number of nitrogens with one attached hydrogen (secondary N) is 1. The summed E-state index contributed by atoms with van der Waals surface area (Å²) in [6, 6.07) is 7.16. The van der Waals surface area contributed by atoms with E-state index < -0.39 is 0 Å². The second-order valence-corrected chi connectivity index (χ2v) is 7.56. The van der Waals surface area contributed by atoms with Crippen molar-refractivity contribution >= 4 is 11.4 Å². The second-order valence-electron chi connectivity index (χ2n) is 7.56. The van der Waals surface area contributed by atoms with E-state index in [0.29, 0.717) is 16.9 Å². The Morgan fingerprint density at radius 2 is 1.80 bits per heavy atom. The molecule has 1 aliphatic carbocycles. The van der Waals surface area contributed by atoms with Gasteiger partial charge in [0.05, 0.1) is 4.92 Å². The molecule has 0 heterocycles. The van der Waals surface area contributed by atoms with Crippen molar-refractivity contribution in [3.05, 3.63) is 34.4 Å². The number of benzene rings is 1. The van der Waals surface area contributed by atoms with Crippen molar-refractivity contribution in [1.29, 1.82) is 0 Å². The summed E-state index contributed by atoms with van der Waals surface area (Å²) >= 11 is 0. The van der Waals surface area contributed by atoms with Gasteiger partial charge in [0, 0.05) is 23.9 Å². The first kappa shape index (κ1) is 14.8. The summed E-state index contributed by atoms with van der Waals surface area (Å²) in [4.78, 5) is 10.5. The van der Waals surface area contributed by atoms with Crippen LogP contribution in [0, 0.1) is 20.9 Å². The first-order valence-electron chi connectivity index (χ1n) is 7.18. The highest BCUT2D eigenvalue weighted by Gasteiger charge is 2.38. The predicted octanol–water partition coefficient (Wildman–Crippen LogP) is 4.61. The van der Waals surface area contributed by atoms with Crippen molar-refractivity contribution in [2.45, 2.75) is 53.0 Å².